The summed E-state index contributed by atoms with van der Waals surface area (Å²) in [5.74, 6) is 0. The van der Waals surface area contributed by atoms with E-state index in [4.69, 9.17) is 0 Å². The van der Waals surface area contributed by atoms with Crippen molar-refractivity contribution in [3.63, 3.8) is 0 Å². The molecule has 0 amide bonds. The van der Waals surface area contributed by atoms with E-state index in [9.17, 15) is 20.2 Å². The first kappa shape index (κ1) is 18.8. The van der Waals surface area contributed by atoms with Gasteiger partial charge in [-0.25, -0.2) is 4.68 Å². The van der Waals surface area contributed by atoms with Crippen molar-refractivity contribution in [1.82, 2.24) is 9.78 Å². The van der Waals surface area contributed by atoms with Crippen LogP contribution in [0.15, 0.2) is 52.7 Å². The molecule has 1 aromatic heterocycles. The van der Waals surface area contributed by atoms with E-state index in [1.807, 2.05) is 31.2 Å². The summed E-state index contributed by atoms with van der Waals surface area (Å²) < 4.78 is 1.35. The fourth-order valence-corrected chi connectivity index (χ4v) is 2.76. The highest BCUT2D eigenvalue weighted by atomic mass is 16.6. The number of aromatic nitrogens is 2. The van der Waals surface area contributed by atoms with E-state index in [-0.39, 0.29) is 11.4 Å². The highest BCUT2D eigenvalue weighted by Gasteiger charge is 2.24. The molecule has 0 N–H and O–H groups in total. The zero-order valence-electron chi connectivity index (χ0n) is 15.4. The van der Waals surface area contributed by atoms with Gasteiger partial charge in [0.05, 0.1) is 33.0 Å². The Bertz CT molecular complexity index is 1120. The summed E-state index contributed by atoms with van der Waals surface area (Å²) in [6, 6.07) is 10.9. The number of hydrogen-bond acceptors (Lipinski definition) is 7. The minimum Gasteiger partial charge on any atom is -0.258 e. The smallest absolute Gasteiger partial charge is 0.258 e. The molecule has 0 aliphatic carbocycles. The van der Waals surface area contributed by atoms with Crippen LogP contribution in [0.1, 0.15) is 17.0 Å². The number of azo groups is 1. The van der Waals surface area contributed by atoms with E-state index in [1.54, 1.807) is 13.8 Å². The lowest BCUT2D eigenvalue weighted by atomic mass is 10.2. The van der Waals surface area contributed by atoms with Crippen LogP contribution >= 0.6 is 0 Å². The second-order valence-corrected chi connectivity index (χ2v) is 6.16. The summed E-state index contributed by atoms with van der Waals surface area (Å²) in [5, 5.41) is 35.1. The molecule has 0 radical (unpaired) electrons. The van der Waals surface area contributed by atoms with Gasteiger partial charge in [0.2, 0.25) is 0 Å². The van der Waals surface area contributed by atoms with E-state index in [0.29, 0.717) is 22.8 Å². The third kappa shape index (κ3) is 3.61. The number of benzene rings is 2. The maximum atomic E-state index is 11.4. The molecule has 0 bridgehead atoms. The molecule has 10 heteroatoms. The molecule has 0 saturated heterocycles. The van der Waals surface area contributed by atoms with Crippen LogP contribution in [0, 0.1) is 41.0 Å². The summed E-state index contributed by atoms with van der Waals surface area (Å²) >= 11 is 0. The Balaban J connectivity index is 2.07. The van der Waals surface area contributed by atoms with Crippen molar-refractivity contribution in [3.05, 3.63) is 79.6 Å². The molecule has 0 aliphatic rings. The summed E-state index contributed by atoms with van der Waals surface area (Å²) in [6.45, 7) is 5.36. The molecule has 0 aliphatic heterocycles. The average molecular weight is 380 g/mol. The van der Waals surface area contributed by atoms with Gasteiger partial charge in [-0.1, -0.05) is 12.1 Å². The lowest BCUT2D eigenvalue weighted by molar-refractivity contribution is -0.394. The second kappa shape index (κ2) is 7.35. The zero-order valence-corrected chi connectivity index (χ0v) is 15.4. The molecule has 142 valence electrons. The Morgan fingerprint density at radius 1 is 0.964 bits per heavy atom. The largest absolute Gasteiger partial charge is 0.301 e. The summed E-state index contributed by atoms with van der Waals surface area (Å²) in [5.41, 5.74) is 2.60. The van der Waals surface area contributed by atoms with E-state index < -0.39 is 15.5 Å². The van der Waals surface area contributed by atoms with Crippen molar-refractivity contribution in [2.45, 2.75) is 20.8 Å². The molecule has 28 heavy (non-hydrogen) atoms. The molecule has 3 rings (SSSR count). The Morgan fingerprint density at radius 3 is 2.36 bits per heavy atom. The number of rotatable bonds is 5. The van der Waals surface area contributed by atoms with Gasteiger partial charge in [-0.15, -0.1) is 5.11 Å². The predicted molar refractivity (Wildman–Crippen MR) is 102 cm³/mol. The van der Waals surface area contributed by atoms with Crippen molar-refractivity contribution < 1.29 is 9.85 Å². The van der Waals surface area contributed by atoms with E-state index in [0.717, 1.165) is 11.6 Å². The quantitative estimate of drug-likeness (QED) is 0.348. The molecule has 2 aromatic carbocycles. The van der Waals surface area contributed by atoms with Crippen LogP contribution in [-0.4, -0.2) is 19.6 Å². The van der Waals surface area contributed by atoms with Crippen molar-refractivity contribution in [1.29, 1.82) is 0 Å². The second-order valence-electron chi connectivity index (χ2n) is 6.16. The van der Waals surface area contributed by atoms with Gasteiger partial charge in [0.25, 0.3) is 5.69 Å². The summed E-state index contributed by atoms with van der Waals surface area (Å²) in [6.07, 6.45) is 0. The molecule has 10 nitrogen and oxygen atoms in total. The zero-order chi connectivity index (χ0) is 20.4. The number of non-ortho nitro benzene ring substituents is 1. The first-order valence-electron chi connectivity index (χ1n) is 8.25. The van der Waals surface area contributed by atoms with Crippen LogP contribution in [0.5, 0.6) is 0 Å². The maximum absolute atomic E-state index is 11.4. The van der Waals surface area contributed by atoms with Crippen LogP contribution < -0.4 is 0 Å². The highest BCUT2D eigenvalue weighted by molar-refractivity contribution is 5.60. The van der Waals surface area contributed by atoms with Crippen molar-refractivity contribution in [2.75, 3.05) is 0 Å². The Kier molecular flexibility index (Phi) is 4.94. The Labute approximate surface area is 159 Å². The van der Waals surface area contributed by atoms with Crippen molar-refractivity contribution in [2.24, 2.45) is 10.2 Å². The average Bonchev–Trinajstić information content (AvgIpc) is 2.93. The van der Waals surface area contributed by atoms with E-state index >= 15 is 0 Å². The van der Waals surface area contributed by atoms with Crippen LogP contribution in [-0.2, 0) is 0 Å². The van der Waals surface area contributed by atoms with Gasteiger partial charge in [0.15, 0.2) is 0 Å². The SMILES string of the molecule is Cc1cccc(N=Nc2c(C)nn(-c3ccc([N+](=O)[O-])cc3[N+](=O)[O-])c2C)c1. The monoisotopic (exact) mass is 380 g/mol. The molecule has 0 fully saturated rings. The van der Waals surface area contributed by atoms with Gasteiger partial charge >= 0.3 is 5.69 Å². The first-order chi connectivity index (χ1) is 13.3. The number of aryl methyl sites for hydroxylation is 2. The van der Waals surface area contributed by atoms with E-state index in [1.165, 1.54) is 16.8 Å². The molecular formula is C18H16N6O4. The highest BCUT2D eigenvalue weighted by Crippen LogP contribution is 2.33. The van der Waals surface area contributed by atoms with Gasteiger partial charge in [-0.2, -0.15) is 10.2 Å². The summed E-state index contributed by atoms with van der Waals surface area (Å²) in [4.78, 5) is 21.0. The Hall–Kier alpha value is -3.95. The number of nitrogens with zero attached hydrogens (tertiary/aromatic N) is 6. The fraction of sp³-hybridized carbons (Fsp3) is 0.167. The minimum atomic E-state index is -0.681. The first-order valence-corrected chi connectivity index (χ1v) is 8.25. The van der Waals surface area contributed by atoms with Gasteiger partial charge in [0.1, 0.15) is 11.4 Å². The molecule has 0 unspecified atom stereocenters. The number of hydrogen-bond donors (Lipinski definition) is 0. The molecule has 0 spiro atoms. The van der Waals surface area contributed by atoms with Crippen LogP contribution in [0.4, 0.5) is 22.7 Å². The minimum absolute atomic E-state index is 0.119. The van der Waals surface area contributed by atoms with Gasteiger partial charge < -0.3 is 0 Å². The lowest BCUT2D eigenvalue weighted by Crippen LogP contribution is -2.04. The van der Waals surface area contributed by atoms with Gasteiger partial charge in [-0.3, -0.25) is 20.2 Å². The molecule has 1 heterocycles. The standard InChI is InChI=1S/C18H16N6O4/c1-11-5-4-6-14(9-11)19-20-18-12(2)21-22(13(18)3)16-8-7-15(23(25)26)10-17(16)24(27)28/h4-10H,1-3H3. The number of nitro benzene ring substituents is 2. The lowest BCUT2D eigenvalue weighted by Gasteiger charge is -2.05. The molecule has 0 atom stereocenters. The molecule has 0 saturated carbocycles. The van der Waals surface area contributed by atoms with Gasteiger partial charge in [-0.05, 0) is 44.5 Å². The van der Waals surface area contributed by atoms with Crippen LogP contribution in [0.25, 0.3) is 5.69 Å². The predicted octanol–water partition coefficient (Wildman–Crippen LogP) is 5.03. The summed E-state index contributed by atoms with van der Waals surface area (Å²) in [7, 11) is 0. The normalized spacial score (nSPS) is 11.1. The number of nitro groups is 2. The van der Waals surface area contributed by atoms with Crippen LogP contribution in [0.2, 0.25) is 0 Å². The molecule has 3 aromatic rings. The maximum Gasteiger partial charge on any atom is 0.301 e. The Morgan fingerprint density at radius 2 is 1.71 bits per heavy atom. The van der Waals surface area contributed by atoms with Crippen molar-refractivity contribution in [3.8, 4) is 5.69 Å². The third-order valence-electron chi connectivity index (χ3n) is 4.11. The van der Waals surface area contributed by atoms with Gasteiger partial charge in [0, 0.05) is 6.07 Å². The fourth-order valence-electron chi connectivity index (χ4n) is 2.76. The molecular weight excluding hydrogens is 364 g/mol. The van der Waals surface area contributed by atoms with Crippen molar-refractivity contribution >= 4 is 22.7 Å². The van der Waals surface area contributed by atoms with Crippen LogP contribution in [0.3, 0.4) is 0 Å². The third-order valence-corrected chi connectivity index (χ3v) is 4.11. The van der Waals surface area contributed by atoms with E-state index in [2.05, 4.69) is 15.3 Å². The topological polar surface area (TPSA) is 129 Å².